The van der Waals surface area contributed by atoms with Crippen LogP contribution in [0.25, 0.3) is 6.08 Å². The van der Waals surface area contributed by atoms with Gasteiger partial charge in [0.1, 0.15) is 5.75 Å². The highest BCUT2D eigenvalue weighted by molar-refractivity contribution is 5.96. The molecule has 0 fully saturated rings. The molecular weight excluding hydrogens is 382 g/mol. The first-order chi connectivity index (χ1) is 13.2. The zero-order valence-electron chi connectivity index (χ0n) is 14.5. The second-order valence-electron chi connectivity index (χ2n) is 5.48. The van der Waals surface area contributed by atoms with Gasteiger partial charge in [-0.3, -0.25) is 4.79 Å². The summed E-state index contributed by atoms with van der Waals surface area (Å²) in [6.07, 6.45) is 1.20. The molecule has 148 valence electrons. The van der Waals surface area contributed by atoms with E-state index < -0.39 is 36.2 Å². The van der Waals surface area contributed by atoms with Gasteiger partial charge in [0.15, 0.2) is 17.7 Å². The fourth-order valence-corrected chi connectivity index (χ4v) is 2.01. The largest absolute Gasteiger partial charge is 0.449 e. The number of carbonyl (C=O) groups excluding carboxylic acids is 2. The number of nitrogens with one attached hydrogen (secondary N) is 1. The zero-order chi connectivity index (χ0) is 20.7. The summed E-state index contributed by atoms with van der Waals surface area (Å²) in [6.45, 7) is -1.63. The highest BCUT2D eigenvalue weighted by Gasteiger charge is 2.17. The molecule has 0 radical (unpaired) electrons. The van der Waals surface area contributed by atoms with E-state index in [9.17, 15) is 27.2 Å². The molecule has 9 heteroatoms. The number of halogens is 4. The Kier molecular flexibility index (Phi) is 7.14. The quantitative estimate of drug-likeness (QED) is 0.433. The van der Waals surface area contributed by atoms with Gasteiger partial charge in [-0.15, -0.1) is 0 Å². The zero-order valence-corrected chi connectivity index (χ0v) is 14.5. The molecule has 0 aliphatic rings. The first-order valence-corrected chi connectivity index (χ1v) is 7.94. The van der Waals surface area contributed by atoms with Crippen LogP contribution < -0.4 is 10.1 Å². The van der Waals surface area contributed by atoms with Crippen molar-refractivity contribution in [2.24, 2.45) is 0 Å². The molecule has 0 saturated carbocycles. The van der Waals surface area contributed by atoms with E-state index in [2.05, 4.69) is 10.1 Å². The standard InChI is InChI=1S/C19H15F4NO4/c1-11(18(26)24-13-5-8-15(20)16(21)10-13)27-17(25)9-4-12-2-6-14(7-3-12)28-19(22)23/h2-11,19H,1H3,(H,24,26)/b9-4+/t11-/m1/s1. The second kappa shape index (κ2) is 9.54. The Balaban J connectivity index is 1.87. The number of hydrogen-bond acceptors (Lipinski definition) is 4. The predicted molar refractivity (Wildman–Crippen MR) is 92.6 cm³/mol. The lowest BCUT2D eigenvalue weighted by atomic mass is 10.2. The van der Waals surface area contributed by atoms with E-state index in [1.807, 2.05) is 0 Å². The summed E-state index contributed by atoms with van der Waals surface area (Å²) in [5.41, 5.74) is 0.519. The van der Waals surface area contributed by atoms with Crippen molar-refractivity contribution in [1.82, 2.24) is 0 Å². The molecule has 0 bridgehead atoms. The minimum atomic E-state index is -2.93. The van der Waals surface area contributed by atoms with Crippen LogP contribution in [0.15, 0.2) is 48.5 Å². The molecular formula is C19H15F4NO4. The molecule has 0 unspecified atom stereocenters. The maximum absolute atomic E-state index is 13.1. The normalized spacial score (nSPS) is 12.1. The van der Waals surface area contributed by atoms with Crippen molar-refractivity contribution in [2.45, 2.75) is 19.6 Å². The van der Waals surface area contributed by atoms with Crippen molar-refractivity contribution in [3.8, 4) is 5.75 Å². The van der Waals surface area contributed by atoms with Crippen LogP contribution in [0.1, 0.15) is 12.5 Å². The average molecular weight is 397 g/mol. The third kappa shape index (κ3) is 6.42. The monoisotopic (exact) mass is 397 g/mol. The van der Waals surface area contributed by atoms with Gasteiger partial charge < -0.3 is 14.8 Å². The van der Waals surface area contributed by atoms with E-state index in [0.717, 1.165) is 24.3 Å². The Bertz CT molecular complexity index is 869. The van der Waals surface area contributed by atoms with E-state index in [1.165, 1.54) is 37.3 Å². The van der Waals surface area contributed by atoms with Gasteiger partial charge in [-0.05, 0) is 42.8 Å². The van der Waals surface area contributed by atoms with Crippen LogP contribution in [0, 0.1) is 11.6 Å². The van der Waals surface area contributed by atoms with Gasteiger partial charge in [0.05, 0.1) is 0 Å². The molecule has 0 aliphatic carbocycles. The van der Waals surface area contributed by atoms with Crippen LogP contribution in [-0.2, 0) is 14.3 Å². The van der Waals surface area contributed by atoms with Crippen molar-refractivity contribution < 1.29 is 36.6 Å². The molecule has 1 amide bonds. The minimum Gasteiger partial charge on any atom is -0.449 e. The topological polar surface area (TPSA) is 64.6 Å². The van der Waals surface area contributed by atoms with Crippen LogP contribution in [-0.4, -0.2) is 24.6 Å². The highest BCUT2D eigenvalue weighted by atomic mass is 19.3. The number of benzene rings is 2. The Morgan fingerprint density at radius 3 is 2.32 bits per heavy atom. The number of anilines is 1. The van der Waals surface area contributed by atoms with Crippen molar-refractivity contribution in [2.75, 3.05) is 5.32 Å². The molecule has 2 rings (SSSR count). The van der Waals surface area contributed by atoms with Gasteiger partial charge in [-0.2, -0.15) is 8.78 Å². The lowest BCUT2D eigenvalue weighted by Crippen LogP contribution is -2.29. The van der Waals surface area contributed by atoms with Crippen molar-refractivity contribution >= 4 is 23.6 Å². The van der Waals surface area contributed by atoms with Crippen LogP contribution in [0.4, 0.5) is 23.2 Å². The summed E-state index contributed by atoms with van der Waals surface area (Å²) in [5, 5.41) is 2.29. The Morgan fingerprint density at radius 2 is 1.71 bits per heavy atom. The average Bonchev–Trinajstić information content (AvgIpc) is 2.63. The molecule has 1 atom stereocenters. The van der Waals surface area contributed by atoms with Gasteiger partial charge in [0, 0.05) is 17.8 Å². The van der Waals surface area contributed by atoms with E-state index >= 15 is 0 Å². The van der Waals surface area contributed by atoms with Crippen LogP contribution in [0.2, 0.25) is 0 Å². The predicted octanol–water partition coefficient (Wildman–Crippen LogP) is 4.15. The summed E-state index contributed by atoms with van der Waals surface area (Å²) in [7, 11) is 0. The third-order valence-electron chi connectivity index (χ3n) is 3.37. The maximum Gasteiger partial charge on any atom is 0.387 e. The van der Waals surface area contributed by atoms with Gasteiger partial charge in [0.2, 0.25) is 0 Å². The minimum absolute atomic E-state index is 0.00782. The number of rotatable bonds is 7. The highest BCUT2D eigenvalue weighted by Crippen LogP contribution is 2.16. The first-order valence-electron chi connectivity index (χ1n) is 7.94. The van der Waals surface area contributed by atoms with Gasteiger partial charge in [-0.25, -0.2) is 13.6 Å². The number of carbonyl (C=O) groups is 2. The van der Waals surface area contributed by atoms with Crippen LogP contribution in [0.5, 0.6) is 5.75 Å². The molecule has 5 nitrogen and oxygen atoms in total. The van der Waals surface area contributed by atoms with E-state index in [4.69, 9.17) is 4.74 Å². The number of amides is 1. The number of esters is 1. The van der Waals surface area contributed by atoms with Gasteiger partial charge >= 0.3 is 12.6 Å². The van der Waals surface area contributed by atoms with Gasteiger partial charge in [0.25, 0.3) is 5.91 Å². The summed E-state index contributed by atoms with van der Waals surface area (Å²) in [5.74, 6) is -3.79. The number of hydrogen-bond donors (Lipinski definition) is 1. The summed E-state index contributed by atoms with van der Waals surface area (Å²) < 4.78 is 59.2. The number of ether oxygens (including phenoxy) is 2. The molecule has 0 aromatic heterocycles. The molecule has 0 spiro atoms. The van der Waals surface area contributed by atoms with Crippen molar-refractivity contribution in [3.63, 3.8) is 0 Å². The summed E-state index contributed by atoms with van der Waals surface area (Å²) >= 11 is 0. The molecule has 28 heavy (non-hydrogen) atoms. The summed E-state index contributed by atoms with van der Waals surface area (Å²) in [4.78, 5) is 23.7. The first kappa shape index (κ1) is 20.9. The number of alkyl halides is 2. The van der Waals surface area contributed by atoms with Crippen LogP contribution >= 0.6 is 0 Å². The van der Waals surface area contributed by atoms with E-state index in [0.29, 0.717) is 5.56 Å². The smallest absolute Gasteiger partial charge is 0.387 e. The fourth-order valence-electron chi connectivity index (χ4n) is 2.01. The van der Waals surface area contributed by atoms with E-state index in [1.54, 1.807) is 0 Å². The fraction of sp³-hybridized carbons (Fsp3) is 0.158. The SMILES string of the molecule is C[C@@H](OC(=O)/C=C/c1ccc(OC(F)F)cc1)C(=O)Nc1ccc(F)c(F)c1. The van der Waals surface area contributed by atoms with Crippen LogP contribution in [0.3, 0.4) is 0 Å². The molecule has 2 aromatic rings. The summed E-state index contributed by atoms with van der Waals surface area (Å²) in [6, 6.07) is 8.29. The maximum atomic E-state index is 13.1. The van der Waals surface area contributed by atoms with E-state index in [-0.39, 0.29) is 11.4 Å². The lowest BCUT2D eigenvalue weighted by Gasteiger charge is -2.12. The van der Waals surface area contributed by atoms with Crippen molar-refractivity contribution in [3.05, 3.63) is 65.7 Å². The Labute approximate surface area is 157 Å². The second-order valence-corrected chi connectivity index (χ2v) is 5.48. The molecule has 0 saturated heterocycles. The van der Waals surface area contributed by atoms with Crippen molar-refractivity contribution in [1.29, 1.82) is 0 Å². The third-order valence-corrected chi connectivity index (χ3v) is 3.37. The molecule has 2 aromatic carbocycles. The Morgan fingerprint density at radius 1 is 1.04 bits per heavy atom. The van der Waals surface area contributed by atoms with Gasteiger partial charge in [-0.1, -0.05) is 12.1 Å². The molecule has 0 aliphatic heterocycles. The molecule has 0 heterocycles. The lowest BCUT2D eigenvalue weighted by molar-refractivity contribution is -0.148. The molecule has 1 N–H and O–H groups in total. The Hall–Kier alpha value is -3.36.